The zero-order valence-electron chi connectivity index (χ0n) is 17.1. The van der Waals surface area contributed by atoms with Crippen LogP contribution in [-0.2, 0) is 18.9 Å². The van der Waals surface area contributed by atoms with Crippen LogP contribution >= 0.6 is 23.1 Å². The summed E-state index contributed by atoms with van der Waals surface area (Å²) in [6, 6.07) is 5.65. The van der Waals surface area contributed by atoms with Gasteiger partial charge in [0.05, 0.1) is 5.75 Å². The second-order valence-corrected chi connectivity index (χ2v) is 8.88. The molecule has 0 aliphatic rings. The van der Waals surface area contributed by atoms with Crippen molar-refractivity contribution in [2.24, 2.45) is 14.1 Å². The Morgan fingerprint density at radius 1 is 1.19 bits per heavy atom. The molecule has 0 bridgehead atoms. The normalized spacial score (nSPS) is 11.1. The first-order valence-electron chi connectivity index (χ1n) is 9.21. The average Bonchev–Trinajstić information content (AvgIpc) is 3.18. The molecule has 13 heteroatoms. The number of anilines is 1. The number of nitrogens with one attached hydrogen (secondary N) is 1. The molecule has 0 atom stereocenters. The van der Waals surface area contributed by atoms with Gasteiger partial charge < -0.3 is 0 Å². The van der Waals surface area contributed by atoms with Crippen molar-refractivity contribution in [2.75, 3.05) is 11.1 Å². The molecular weight excluding hydrogens is 457 g/mol. The molecule has 4 rings (SSSR count). The van der Waals surface area contributed by atoms with Crippen molar-refractivity contribution in [1.82, 2.24) is 29.3 Å². The molecule has 0 spiro atoms. The van der Waals surface area contributed by atoms with E-state index in [1.165, 1.54) is 48.2 Å². The van der Waals surface area contributed by atoms with E-state index in [0.29, 0.717) is 15.7 Å². The highest BCUT2D eigenvalue weighted by Gasteiger charge is 2.19. The van der Waals surface area contributed by atoms with Crippen molar-refractivity contribution in [3.05, 3.63) is 55.9 Å². The predicted molar refractivity (Wildman–Crippen MR) is 119 cm³/mol. The number of hydrogen-bond donors (Lipinski definition) is 1. The van der Waals surface area contributed by atoms with E-state index < -0.39 is 17.1 Å². The maximum absolute atomic E-state index is 13.8. The second kappa shape index (κ2) is 8.59. The van der Waals surface area contributed by atoms with Crippen LogP contribution in [0.25, 0.3) is 22.4 Å². The van der Waals surface area contributed by atoms with Gasteiger partial charge in [-0.2, -0.15) is 0 Å². The molecule has 1 N–H and O–H groups in total. The number of carbonyl (C=O) groups is 1. The van der Waals surface area contributed by atoms with Crippen LogP contribution in [0.1, 0.15) is 5.01 Å². The predicted octanol–water partition coefficient (Wildman–Crippen LogP) is 1.72. The fourth-order valence-corrected chi connectivity index (χ4v) is 4.35. The number of rotatable bonds is 5. The lowest BCUT2D eigenvalue weighted by atomic mass is 10.2. The molecule has 0 saturated carbocycles. The molecule has 1 aromatic carbocycles. The number of halogens is 1. The van der Waals surface area contributed by atoms with E-state index in [-0.39, 0.29) is 33.5 Å². The summed E-state index contributed by atoms with van der Waals surface area (Å²) in [7, 11) is 2.83. The van der Waals surface area contributed by atoms with E-state index in [1.54, 1.807) is 13.0 Å². The van der Waals surface area contributed by atoms with E-state index >= 15 is 0 Å². The highest BCUT2D eigenvalue weighted by atomic mass is 32.2. The monoisotopic (exact) mass is 473 g/mol. The smallest absolute Gasteiger partial charge is 0.300 e. The Bertz CT molecular complexity index is 1480. The first-order valence-corrected chi connectivity index (χ1v) is 11.0. The summed E-state index contributed by atoms with van der Waals surface area (Å²) >= 11 is 2.24. The van der Waals surface area contributed by atoms with Gasteiger partial charge in [-0.1, -0.05) is 35.2 Å². The van der Waals surface area contributed by atoms with Crippen molar-refractivity contribution in [3.63, 3.8) is 0 Å². The summed E-state index contributed by atoms with van der Waals surface area (Å²) in [6.45, 7) is 1.77. The van der Waals surface area contributed by atoms with E-state index in [4.69, 9.17) is 0 Å². The van der Waals surface area contributed by atoms with Gasteiger partial charge in [-0.05, 0) is 19.1 Å². The molecule has 3 aromatic heterocycles. The quantitative estimate of drug-likeness (QED) is 0.343. The summed E-state index contributed by atoms with van der Waals surface area (Å²) < 4.78 is 15.9. The summed E-state index contributed by atoms with van der Waals surface area (Å²) in [5.41, 5.74) is -0.686. The summed E-state index contributed by atoms with van der Waals surface area (Å²) in [6.07, 6.45) is 0. The van der Waals surface area contributed by atoms with Gasteiger partial charge in [-0.25, -0.2) is 19.2 Å². The van der Waals surface area contributed by atoms with Gasteiger partial charge >= 0.3 is 5.69 Å². The summed E-state index contributed by atoms with van der Waals surface area (Å²) in [5.74, 6) is -0.806. The molecule has 3 heterocycles. The van der Waals surface area contributed by atoms with Gasteiger partial charge in [0.1, 0.15) is 21.2 Å². The number of nitrogens with zero attached hydrogens (tertiary/aromatic N) is 6. The Balaban J connectivity index is 1.79. The molecule has 0 saturated heterocycles. The third-order valence-electron chi connectivity index (χ3n) is 4.46. The van der Waals surface area contributed by atoms with Gasteiger partial charge in [-0.15, -0.1) is 10.2 Å². The first-order chi connectivity index (χ1) is 15.2. The Kier molecular flexibility index (Phi) is 5.84. The maximum Gasteiger partial charge on any atom is 0.332 e. The minimum atomic E-state index is -0.587. The topological polar surface area (TPSA) is 125 Å². The molecule has 1 amide bonds. The van der Waals surface area contributed by atoms with Crippen LogP contribution < -0.4 is 16.6 Å². The third kappa shape index (κ3) is 4.16. The van der Waals surface area contributed by atoms with E-state index in [0.717, 1.165) is 16.3 Å². The van der Waals surface area contributed by atoms with Crippen molar-refractivity contribution in [1.29, 1.82) is 0 Å². The van der Waals surface area contributed by atoms with E-state index in [1.807, 2.05) is 0 Å². The number of thioether (sulfide) groups is 1. The van der Waals surface area contributed by atoms with Gasteiger partial charge in [0, 0.05) is 19.7 Å². The largest absolute Gasteiger partial charge is 0.332 e. The number of aryl methyl sites for hydroxylation is 2. The highest BCUT2D eigenvalue weighted by Crippen LogP contribution is 2.26. The minimum absolute atomic E-state index is 0.0840. The number of aromatic nitrogens is 6. The minimum Gasteiger partial charge on any atom is -0.300 e. The highest BCUT2D eigenvalue weighted by molar-refractivity contribution is 8.00. The molecule has 10 nitrogen and oxygen atoms in total. The molecule has 0 aliphatic heterocycles. The fourth-order valence-electron chi connectivity index (χ4n) is 2.93. The molecule has 0 unspecified atom stereocenters. The van der Waals surface area contributed by atoms with Crippen molar-refractivity contribution >= 4 is 45.2 Å². The lowest BCUT2D eigenvalue weighted by Gasteiger charge is -2.12. The van der Waals surface area contributed by atoms with Crippen molar-refractivity contribution < 1.29 is 9.18 Å². The van der Waals surface area contributed by atoms with Crippen LogP contribution in [0.4, 0.5) is 9.52 Å². The maximum atomic E-state index is 13.8. The van der Waals surface area contributed by atoms with Gasteiger partial charge in [0.2, 0.25) is 11.0 Å². The number of carbonyl (C=O) groups excluding carboxylic acids is 1. The molecule has 0 aliphatic carbocycles. The number of amides is 1. The van der Waals surface area contributed by atoms with Gasteiger partial charge in [0.25, 0.3) is 5.56 Å². The average molecular weight is 474 g/mol. The first kappa shape index (κ1) is 21.8. The van der Waals surface area contributed by atoms with E-state index in [9.17, 15) is 18.8 Å². The molecule has 0 fully saturated rings. The van der Waals surface area contributed by atoms with Crippen molar-refractivity contribution in [3.8, 4) is 11.4 Å². The number of fused-ring (bicyclic) bond motifs is 1. The molecule has 0 radical (unpaired) electrons. The Morgan fingerprint density at radius 3 is 2.66 bits per heavy atom. The zero-order valence-corrected chi connectivity index (χ0v) is 18.8. The van der Waals surface area contributed by atoms with Gasteiger partial charge in [-0.3, -0.25) is 24.0 Å². The summed E-state index contributed by atoms with van der Waals surface area (Å²) in [4.78, 5) is 46.4. The van der Waals surface area contributed by atoms with Gasteiger partial charge in [0.15, 0.2) is 11.5 Å². The Labute approximate surface area is 188 Å². The van der Waals surface area contributed by atoms with Crippen LogP contribution in [-0.4, -0.2) is 41.0 Å². The Morgan fingerprint density at radius 2 is 1.97 bits per heavy atom. The number of benzene rings is 1. The SMILES string of the molecule is Cc1nnc(NC(=O)CSc2nc(-c3cccc(F)c3)nc3c2c(=O)n(C)c(=O)n3C)s1. The molecule has 164 valence electrons. The van der Waals surface area contributed by atoms with Crippen molar-refractivity contribution in [2.45, 2.75) is 11.9 Å². The zero-order chi connectivity index (χ0) is 23.0. The lowest BCUT2D eigenvalue weighted by molar-refractivity contribution is -0.113. The lowest BCUT2D eigenvalue weighted by Crippen LogP contribution is -2.37. The van der Waals surface area contributed by atoms with E-state index in [2.05, 4.69) is 25.5 Å². The fraction of sp³-hybridized carbons (Fsp3) is 0.211. The van der Waals surface area contributed by atoms with Crippen LogP contribution in [0.5, 0.6) is 0 Å². The Hall–Kier alpha value is -3.45. The number of hydrogen-bond acceptors (Lipinski definition) is 9. The second-order valence-electron chi connectivity index (χ2n) is 6.73. The van der Waals surface area contributed by atoms with Crippen LogP contribution in [0.15, 0.2) is 38.9 Å². The summed E-state index contributed by atoms with van der Waals surface area (Å²) in [5, 5.41) is 11.7. The third-order valence-corrected chi connectivity index (χ3v) is 6.19. The van der Waals surface area contributed by atoms with Crippen LogP contribution in [0.2, 0.25) is 0 Å². The molecule has 4 aromatic rings. The molecular formula is C19H16FN7O3S2. The van der Waals surface area contributed by atoms with Crippen LogP contribution in [0, 0.1) is 12.7 Å². The molecule has 32 heavy (non-hydrogen) atoms. The van der Waals surface area contributed by atoms with Crippen LogP contribution in [0.3, 0.4) is 0 Å². The standard InChI is InChI=1S/C19H16FN7O3S2/c1-9-24-25-18(32-9)21-12(28)8-31-16-13-15(26(2)19(30)27(3)17(13)29)22-14(23-16)10-5-4-6-11(20)7-10/h4-7H,8H2,1-3H3,(H,21,25,28).